The number of para-hydroxylation sites is 4. The van der Waals surface area contributed by atoms with Gasteiger partial charge in [0.15, 0.2) is 0 Å². The second kappa shape index (κ2) is 12.0. The van der Waals surface area contributed by atoms with E-state index in [0.717, 1.165) is 28.6 Å². The Balaban J connectivity index is 1.08. The number of rotatable bonds is 3. The summed E-state index contributed by atoms with van der Waals surface area (Å²) in [6.07, 6.45) is 0. The summed E-state index contributed by atoms with van der Waals surface area (Å²) in [5, 5.41) is 5.04. The van der Waals surface area contributed by atoms with Gasteiger partial charge in [-0.3, -0.25) is 0 Å². The Morgan fingerprint density at radius 2 is 0.841 bits per heavy atom. The fourth-order valence-corrected chi connectivity index (χ4v) is 12.2. The van der Waals surface area contributed by atoms with E-state index >= 15 is 0 Å². The molecule has 6 heterocycles. The lowest BCUT2D eigenvalue weighted by Crippen LogP contribution is -2.62. The number of hydrogen-bond acceptors (Lipinski definition) is 2. The van der Waals surface area contributed by atoms with Crippen LogP contribution in [0.5, 0.6) is 23.0 Å². The van der Waals surface area contributed by atoms with Crippen LogP contribution in [-0.4, -0.2) is 22.6 Å². The van der Waals surface area contributed by atoms with Gasteiger partial charge in [0.1, 0.15) is 23.0 Å². The zero-order valence-electron chi connectivity index (χ0n) is 34.7. The average molecular weight is 803 g/mol. The van der Waals surface area contributed by atoms with Gasteiger partial charge in [0.05, 0.1) is 22.1 Å². The molecular formula is C57H36B2N2O2. The molecule has 9 aromatic carbocycles. The molecule has 0 unspecified atom stereocenters. The molecule has 0 atom stereocenters. The van der Waals surface area contributed by atoms with Crippen LogP contribution in [0.4, 0.5) is 0 Å². The molecule has 0 radical (unpaired) electrons. The summed E-state index contributed by atoms with van der Waals surface area (Å²) < 4.78 is 20.1. The quantitative estimate of drug-likeness (QED) is 0.167. The van der Waals surface area contributed by atoms with E-state index in [0.29, 0.717) is 0 Å². The number of ether oxygens (including phenoxy) is 2. The van der Waals surface area contributed by atoms with Gasteiger partial charge in [0.2, 0.25) is 0 Å². The molecule has 0 spiro atoms. The predicted octanol–water partition coefficient (Wildman–Crippen LogP) is 10.2. The van der Waals surface area contributed by atoms with E-state index in [4.69, 9.17) is 9.47 Å². The number of benzene rings is 9. The molecule has 4 aliphatic heterocycles. The largest absolute Gasteiger partial charge is 0.458 e. The second-order valence-corrected chi connectivity index (χ2v) is 18.0. The monoisotopic (exact) mass is 802 g/mol. The number of nitrogens with zero attached hydrogens (tertiary/aromatic N) is 2. The van der Waals surface area contributed by atoms with Crippen molar-refractivity contribution in [1.29, 1.82) is 0 Å². The second-order valence-electron chi connectivity index (χ2n) is 18.0. The standard InChI is InChI=1S/C57H36B2N2O2/c1-32(2)49-56-41(58-39-23-11-15-27-45(39)60-43-25-13-9-21-35(43)50-37(33-17-5-3-6-18-33)29-47(62-56)52(58)54(50)60)31-42-57(49)63-48-30-38(34-19-7-4-8-20-34)51-36-22-10-14-26-44(36)61-46-28-16-12-24-40(46)59(42)53(48)55(51)61/h3-32H,1-2H3. The fraction of sp³-hybridized carbons (Fsp3) is 0.0526. The van der Waals surface area contributed by atoms with Crippen LogP contribution in [0, 0.1) is 0 Å². The van der Waals surface area contributed by atoms with Crippen LogP contribution in [0.25, 0.3) is 77.2 Å². The van der Waals surface area contributed by atoms with Gasteiger partial charge < -0.3 is 18.6 Å². The molecule has 4 nitrogen and oxygen atoms in total. The summed E-state index contributed by atoms with van der Waals surface area (Å²) in [7, 11) is 0. The minimum atomic E-state index is -0.0564. The van der Waals surface area contributed by atoms with Gasteiger partial charge in [-0.15, -0.1) is 0 Å². The number of fused-ring (bicyclic) bond motifs is 16. The third kappa shape index (κ3) is 4.19. The number of aromatic nitrogens is 2. The van der Waals surface area contributed by atoms with Crippen molar-refractivity contribution in [2.24, 2.45) is 0 Å². The van der Waals surface area contributed by atoms with E-state index < -0.39 is 0 Å². The minimum absolute atomic E-state index is 0.0564. The first-order chi connectivity index (χ1) is 31.1. The smallest absolute Gasteiger partial charge is 0.256 e. The molecule has 0 N–H and O–H groups in total. The van der Waals surface area contributed by atoms with E-state index in [-0.39, 0.29) is 19.3 Å². The lowest BCUT2D eigenvalue weighted by molar-refractivity contribution is 0.450. The molecule has 0 aliphatic carbocycles. The van der Waals surface area contributed by atoms with Crippen LogP contribution in [0.15, 0.2) is 176 Å². The molecule has 292 valence electrons. The van der Waals surface area contributed by atoms with Gasteiger partial charge in [-0.2, -0.15) is 0 Å². The molecule has 6 heteroatoms. The SMILES string of the molecule is CC(C)c1c2c(cc3c1Oc1cc(-c4ccccc4)c4c5ccccc5n5c4c1B3c1ccccc1-5)B1c3ccccc3-n3c4ccccc4c4c(-c5ccccc5)cc(c1c43)O2. The van der Waals surface area contributed by atoms with Gasteiger partial charge in [0.25, 0.3) is 13.4 Å². The highest BCUT2D eigenvalue weighted by Crippen LogP contribution is 2.49. The van der Waals surface area contributed by atoms with Crippen LogP contribution in [0.1, 0.15) is 25.3 Å². The maximum absolute atomic E-state index is 7.52. The molecule has 0 saturated heterocycles. The molecule has 63 heavy (non-hydrogen) atoms. The molecule has 2 aromatic heterocycles. The van der Waals surface area contributed by atoms with Crippen LogP contribution >= 0.6 is 0 Å². The summed E-state index contributed by atoms with van der Waals surface area (Å²) in [5.41, 5.74) is 20.6. The van der Waals surface area contributed by atoms with Crippen molar-refractivity contribution < 1.29 is 9.47 Å². The lowest BCUT2D eigenvalue weighted by atomic mass is 9.31. The van der Waals surface area contributed by atoms with Crippen molar-refractivity contribution in [3.8, 4) is 56.6 Å². The van der Waals surface area contributed by atoms with Crippen molar-refractivity contribution in [3.05, 3.63) is 181 Å². The number of hydrogen-bond donors (Lipinski definition) is 0. The fourth-order valence-electron chi connectivity index (χ4n) is 12.2. The van der Waals surface area contributed by atoms with Gasteiger partial charge in [-0.1, -0.05) is 153 Å². The molecule has 11 aromatic rings. The normalized spacial score (nSPS) is 13.6. The van der Waals surface area contributed by atoms with E-state index in [1.807, 2.05) is 0 Å². The highest BCUT2D eigenvalue weighted by Gasteiger charge is 2.47. The lowest BCUT2D eigenvalue weighted by Gasteiger charge is -2.39. The third-order valence-corrected chi connectivity index (χ3v) is 14.6. The van der Waals surface area contributed by atoms with Gasteiger partial charge in [0, 0.05) is 38.5 Å². The van der Waals surface area contributed by atoms with E-state index in [9.17, 15) is 0 Å². The van der Waals surface area contributed by atoms with E-state index in [1.54, 1.807) is 0 Å². The Hall–Kier alpha value is -7.69. The van der Waals surface area contributed by atoms with E-state index in [1.165, 1.54) is 110 Å². The van der Waals surface area contributed by atoms with Crippen molar-refractivity contribution >= 4 is 89.8 Å². The molecule has 15 rings (SSSR count). The molecule has 4 aliphatic rings. The van der Waals surface area contributed by atoms with Crippen LogP contribution < -0.4 is 42.3 Å². The molecular weight excluding hydrogens is 766 g/mol. The van der Waals surface area contributed by atoms with E-state index in [2.05, 4.69) is 199 Å². The molecule has 0 fully saturated rings. The summed E-state index contributed by atoms with van der Waals surface area (Å²) in [6.45, 7) is 4.48. The Morgan fingerprint density at radius 3 is 1.30 bits per heavy atom. The molecule has 0 saturated carbocycles. The first kappa shape index (κ1) is 34.0. The van der Waals surface area contributed by atoms with Crippen molar-refractivity contribution in [2.75, 3.05) is 0 Å². The van der Waals surface area contributed by atoms with Gasteiger partial charge >= 0.3 is 0 Å². The van der Waals surface area contributed by atoms with Gasteiger partial charge in [-0.05, 0) is 97.3 Å². The van der Waals surface area contributed by atoms with Crippen molar-refractivity contribution in [3.63, 3.8) is 0 Å². The minimum Gasteiger partial charge on any atom is -0.458 e. The third-order valence-electron chi connectivity index (χ3n) is 14.6. The van der Waals surface area contributed by atoms with Crippen LogP contribution in [0.3, 0.4) is 0 Å². The average Bonchev–Trinajstić information content (AvgIpc) is 3.87. The summed E-state index contributed by atoms with van der Waals surface area (Å²) >= 11 is 0. The Kier molecular flexibility index (Phi) is 6.48. The zero-order valence-corrected chi connectivity index (χ0v) is 34.7. The maximum atomic E-state index is 7.52. The van der Waals surface area contributed by atoms with Gasteiger partial charge in [-0.25, -0.2) is 0 Å². The van der Waals surface area contributed by atoms with Crippen LogP contribution in [-0.2, 0) is 0 Å². The summed E-state index contributed by atoms with van der Waals surface area (Å²) in [6, 6.07) is 64.7. The first-order valence-electron chi connectivity index (χ1n) is 22.2. The predicted molar refractivity (Wildman–Crippen MR) is 262 cm³/mol. The Morgan fingerprint density at radius 1 is 0.429 bits per heavy atom. The van der Waals surface area contributed by atoms with Crippen molar-refractivity contribution in [1.82, 2.24) is 9.13 Å². The highest BCUT2D eigenvalue weighted by molar-refractivity contribution is 7.02. The Labute approximate surface area is 364 Å². The topological polar surface area (TPSA) is 28.3 Å². The summed E-state index contributed by atoms with van der Waals surface area (Å²) in [4.78, 5) is 0. The highest BCUT2D eigenvalue weighted by atomic mass is 16.5. The van der Waals surface area contributed by atoms with Crippen LogP contribution in [0.2, 0.25) is 0 Å². The Bertz CT molecular complexity index is 3600. The summed E-state index contributed by atoms with van der Waals surface area (Å²) in [5.74, 6) is 3.77. The maximum Gasteiger partial charge on any atom is 0.256 e. The van der Waals surface area contributed by atoms with Crippen molar-refractivity contribution in [2.45, 2.75) is 19.8 Å². The molecule has 0 bridgehead atoms. The first-order valence-corrected chi connectivity index (χ1v) is 22.2. The zero-order chi connectivity index (χ0) is 41.2. The molecule has 0 amide bonds.